The van der Waals surface area contributed by atoms with Gasteiger partial charge in [0.2, 0.25) is 0 Å². The van der Waals surface area contributed by atoms with E-state index in [-0.39, 0.29) is 38.6 Å². The molecule has 0 saturated carbocycles. The highest BCUT2D eigenvalue weighted by molar-refractivity contribution is 5.71. The summed E-state index contributed by atoms with van der Waals surface area (Å²) >= 11 is 0. The van der Waals surface area contributed by atoms with Crippen molar-refractivity contribution in [3.8, 4) is 0 Å². The molecule has 0 saturated heterocycles. The van der Waals surface area contributed by atoms with Crippen LogP contribution in [0, 0.1) is 0 Å². The molecule has 0 amide bonds. The molecule has 9 nitrogen and oxygen atoms in total. The van der Waals surface area contributed by atoms with E-state index in [1.807, 2.05) is 33.3 Å². The molecule has 0 spiro atoms. The minimum absolute atomic E-state index is 0.131. The zero-order valence-corrected chi connectivity index (χ0v) is 42.1. The molecular formula is C56H96NO8+. The zero-order valence-electron chi connectivity index (χ0n) is 42.1. The van der Waals surface area contributed by atoms with Crippen molar-refractivity contribution in [1.29, 1.82) is 0 Å². The Morgan fingerprint density at radius 1 is 0.477 bits per heavy atom. The lowest BCUT2D eigenvalue weighted by atomic mass is 10.1. The van der Waals surface area contributed by atoms with Crippen LogP contribution in [0.25, 0.3) is 0 Å². The number of nitrogens with zero attached hydrogens (tertiary/aromatic N) is 1. The number of allylic oxidation sites excluding steroid dienone is 14. The van der Waals surface area contributed by atoms with Crippen LogP contribution in [0.1, 0.15) is 194 Å². The third kappa shape index (κ3) is 48.2. The van der Waals surface area contributed by atoms with E-state index in [0.717, 1.165) is 57.8 Å². The number of aliphatic carboxylic acids is 1. The summed E-state index contributed by atoms with van der Waals surface area (Å²) in [5.41, 5.74) is 0. The Morgan fingerprint density at radius 3 is 1.37 bits per heavy atom. The van der Waals surface area contributed by atoms with E-state index in [2.05, 4.69) is 86.8 Å². The van der Waals surface area contributed by atoms with E-state index in [1.165, 1.54) is 103 Å². The van der Waals surface area contributed by atoms with Crippen LogP contribution in [0.3, 0.4) is 0 Å². The number of carbonyl (C=O) groups is 3. The second kappa shape index (κ2) is 47.0. The summed E-state index contributed by atoms with van der Waals surface area (Å²) in [4.78, 5) is 37.2. The molecule has 0 aromatic rings. The van der Waals surface area contributed by atoms with Crippen LogP contribution in [-0.4, -0.2) is 87.4 Å². The number of rotatable bonds is 46. The van der Waals surface area contributed by atoms with Crippen molar-refractivity contribution in [1.82, 2.24) is 0 Å². The monoisotopic (exact) mass is 911 g/mol. The highest BCUT2D eigenvalue weighted by atomic mass is 16.7. The van der Waals surface area contributed by atoms with Gasteiger partial charge in [-0.05, 0) is 77.0 Å². The molecular weight excluding hydrogens is 815 g/mol. The van der Waals surface area contributed by atoms with E-state index >= 15 is 0 Å². The van der Waals surface area contributed by atoms with Gasteiger partial charge >= 0.3 is 17.9 Å². The molecule has 0 rings (SSSR count). The fraction of sp³-hybridized carbons (Fsp3) is 0.696. The lowest BCUT2D eigenvalue weighted by molar-refractivity contribution is -0.870. The van der Waals surface area contributed by atoms with E-state index in [4.69, 9.17) is 18.9 Å². The quantitative estimate of drug-likeness (QED) is 0.0211. The summed E-state index contributed by atoms with van der Waals surface area (Å²) < 4.78 is 22.7. The Hall–Kier alpha value is -3.53. The maximum atomic E-state index is 12.8. The van der Waals surface area contributed by atoms with Gasteiger partial charge in [-0.25, -0.2) is 4.79 Å². The van der Waals surface area contributed by atoms with Crippen molar-refractivity contribution in [3.63, 3.8) is 0 Å². The lowest BCUT2D eigenvalue weighted by Gasteiger charge is -2.25. The van der Waals surface area contributed by atoms with Gasteiger partial charge < -0.3 is 28.5 Å². The van der Waals surface area contributed by atoms with Crippen molar-refractivity contribution in [2.24, 2.45) is 0 Å². The van der Waals surface area contributed by atoms with Crippen LogP contribution in [0.2, 0.25) is 0 Å². The number of hydrogen-bond donors (Lipinski definition) is 1. The van der Waals surface area contributed by atoms with Crippen LogP contribution in [0.4, 0.5) is 0 Å². The zero-order chi connectivity index (χ0) is 47.7. The summed E-state index contributed by atoms with van der Waals surface area (Å²) in [6.45, 7) is 4.66. The van der Waals surface area contributed by atoms with E-state index in [0.29, 0.717) is 17.4 Å². The molecule has 0 heterocycles. The van der Waals surface area contributed by atoms with E-state index < -0.39 is 24.3 Å². The number of likely N-dealkylation sites (N-methyl/N-ethyl adjacent to an activating group) is 1. The first-order valence-electron chi connectivity index (χ1n) is 25.8. The molecule has 0 aliphatic rings. The molecule has 1 N–H and O–H groups in total. The predicted molar refractivity (Wildman–Crippen MR) is 272 cm³/mol. The second-order valence-electron chi connectivity index (χ2n) is 18.1. The number of carboxylic acids is 1. The number of carboxylic acid groups (broad SMARTS) is 1. The Morgan fingerprint density at radius 2 is 0.908 bits per heavy atom. The van der Waals surface area contributed by atoms with Gasteiger partial charge in [0.1, 0.15) is 13.2 Å². The molecule has 9 heteroatoms. The summed E-state index contributed by atoms with van der Waals surface area (Å²) in [6, 6.07) is 0. The highest BCUT2D eigenvalue weighted by Gasteiger charge is 2.25. The molecule has 372 valence electrons. The van der Waals surface area contributed by atoms with Crippen molar-refractivity contribution < 1.29 is 42.9 Å². The topological polar surface area (TPSA) is 108 Å². The van der Waals surface area contributed by atoms with Gasteiger partial charge in [0.25, 0.3) is 6.29 Å². The Balaban J connectivity index is 4.45. The van der Waals surface area contributed by atoms with Crippen molar-refractivity contribution in [2.45, 2.75) is 206 Å². The van der Waals surface area contributed by atoms with Gasteiger partial charge in [-0.1, -0.05) is 189 Å². The molecule has 2 unspecified atom stereocenters. The van der Waals surface area contributed by atoms with Gasteiger partial charge in [-0.3, -0.25) is 9.59 Å². The SMILES string of the molecule is CC/C=C\C/C=C\C/C=C\C/C=C\C/C=C\C/C=C\CCC(=O)OC(COC(=O)CCCCCCCCCCC/C=C\CCCCCCCCCC)COC(OCC[N+](C)(C)C)C(=O)O. The Kier molecular flexibility index (Phi) is 44.4. The van der Waals surface area contributed by atoms with Crippen LogP contribution < -0.4 is 0 Å². The molecule has 2 atom stereocenters. The average Bonchev–Trinajstić information content (AvgIpc) is 3.27. The van der Waals surface area contributed by atoms with Crippen LogP contribution in [0.15, 0.2) is 85.1 Å². The maximum Gasteiger partial charge on any atom is 0.361 e. The predicted octanol–water partition coefficient (Wildman–Crippen LogP) is 14.4. The first-order chi connectivity index (χ1) is 31.6. The average molecular weight is 911 g/mol. The van der Waals surface area contributed by atoms with Gasteiger partial charge in [-0.15, -0.1) is 0 Å². The molecule has 0 aliphatic heterocycles. The summed E-state index contributed by atoms with van der Waals surface area (Å²) in [5.74, 6) is -2.13. The second-order valence-corrected chi connectivity index (χ2v) is 18.1. The molecule has 0 bridgehead atoms. The van der Waals surface area contributed by atoms with Crippen LogP contribution in [0.5, 0.6) is 0 Å². The van der Waals surface area contributed by atoms with E-state index in [9.17, 15) is 19.5 Å². The van der Waals surface area contributed by atoms with Crippen LogP contribution in [-0.2, 0) is 33.3 Å². The third-order valence-corrected chi connectivity index (χ3v) is 10.6. The van der Waals surface area contributed by atoms with Gasteiger partial charge in [-0.2, -0.15) is 0 Å². The fourth-order valence-electron chi connectivity index (χ4n) is 6.68. The minimum Gasteiger partial charge on any atom is -0.477 e. The van der Waals surface area contributed by atoms with Crippen molar-refractivity contribution in [2.75, 3.05) is 47.5 Å². The molecule has 0 aliphatic carbocycles. The van der Waals surface area contributed by atoms with Crippen molar-refractivity contribution >= 4 is 17.9 Å². The Bertz CT molecular complexity index is 1340. The molecule has 0 radical (unpaired) electrons. The molecule has 0 aromatic carbocycles. The Labute approximate surface area is 398 Å². The molecule has 0 fully saturated rings. The number of unbranched alkanes of at least 4 members (excludes halogenated alkanes) is 17. The molecule has 65 heavy (non-hydrogen) atoms. The lowest BCUT2D eigenvalue weighted by Crippen LogP contribution is -2.40. The summed E-state index contributed by atoms with van der Waals surface area (Å²) in [5, 5.41) is 9.66. The first-order valence-corrected chi connectivity index (χ1v) is 25.8. The summed E-state index contributed by atoms with van der Waals surface area (Å²) in [7, 11) is 5.93. The minimum atomic E-state index is -1.53. The van der Waals surface area contributed by atoms with Crippen LogP contribution >= 0.6 is 0 Å². The van der Waals surface area contributed by atoms with E-state index in [1.54, 1.807) is 0 Å². The fourth-order valence-corrected chi connectivity index (χ4v) is 6.68. The van der Waals surface area contributed by atoms with Crippen molar-refractivity contribution in [3.05, 3.63) is 85.1 Å². The van der Waals surface area contributed by atoms with Gasteiger partial charge in [0.15, 0.2) is 6.10 Å². The summed E-state index contributed by atoms with van der Waals surface area (Å²) in [6.07, 6.45) is 58.1. The molecule has 0 aromatic heterocycles. The largest absolute Gasteiger partial charge is 0.477 e. The normalized spacial score (nSPS) is 13.6. The smallest absolute Gasteiger partial charge is 0.361 e. The third-order valence-electron chi connectivity index (χ3n) is 10.6. The van der Waals surface area contributed by atoms with Gasteiger partial charge in [0.05, 0.1) is 34.4 Å². The maximum absolute atomic E-state index is 12.8. The highest BCUT2D eigenvalue weighted by Crippen LogP contribution is 2.14. The first kappa shape index (κ1) is 61.5. The number of hydrogen-bond acceptors (Lipinski definition) is 7. The number of esters is 2. The number of ether oxygens (including phenoxy) is 4. The number of quaternary nitrogens is 1. The van der Waals surface area contributed by atoms with Gasteiger partial charge in [0, 0.05) is 12.8 Å². The number of carbonyl (C=O) groups excluding carboxylic acids is 2. The standard InChI is InChI=1S/C56H95NO8/c1-6-8-10-12-14-16-18-20-22-24-26-27-29-30-32-34-36-38-40-42-44-46-53(58)63-50-52(51-64-56(55(60)61)62-49-48-57(3,4)5)65-54(59)47-45-43-41-39-37-35-33-31-28-25-23-21-19-17-15-13-11-9-7-2/h9,11,15,17,21,23-24,26,28,31,35,37,41,43,52,56H,6-8,10,12-14,16,18-20,22,25,27,29-30,32-34,36,38-40,42,44-51H2,1-5H3/p+1/b11-9-,17-15-,23-21-,26-24-,31-28-,37-35-,43-41-.